The average molecular weight is 228 g/mol. The summed E-state index contributed by atoms with van der Waals surface area (Å²) in [6.07, 6.45) is 6.39. The number of carbonyl (C=O) groups is 1. The van der Waals surface area contributed by atoms with Crippen LogP contribution in [0.5, 0.6) is 0 Å². The molecule has 0 N–H and O–H groups in total. The summed E-state index contributed by atoms with van der Waals surface area (Å²) in [4.78, 5) is 19.5. The van der Waals surface area contributed by atoms with Crippen LogP contribution in [0.1, 0.15) is 12.5 Å². The van der Waals surface area contributed by atoms with E-state index < -0.39 is 0 Å². The quantitative estimate of drug-likeness (QED) is 0.597. The van der Waals surface area contributed by atoms with Crippen molar-refractivity contribution in [1.82, 2.24) is 9.97 Å². The van der Waals surface area contributed by atoms with Crippen LogP contribution in [-0.4, -0.2) is 22.5 Å². The Morgan fingerprint density at radius 3 is 2.82 bits per heavy atom. The molecule has 2 rings (SSSR count). The number of ether oxygens (including phenoxy) is 1. The van der Waals surface area contributed by atoms with Gasteiger partial charge in [-0.05, 0) is 30.7 Å². The second-order valence-corrected chi connectivity index (χ2v) is 3.39. The molecule has 0 aliphatic carbocycles. The molecular formula is C13H12N2O2. The topological polar surface area (TPSA) is 52.1 Å². The molecule has 0 saturated heterocycles. The van der Waals surface area contributed by atoms with Crippen molar-refractivity contribution in [2.45, 2.75) is 6.92 Å². The van der Waals surface area contributed by atoms with Gasteiger partial charge >= 0.3 is 5.97 Å². The summed E-state index contributed by atoms with van der Waals surface area (Å²) in [5.41, 5.74) is 2.53. The van der Waals surface area contributed by atoms with E-state index in [0.717, 1.165) is 16.6 Å². The smallest absolute Gasteiger partial charge is 0.330 e. The van der Waals surface area contributed by atoms with Crippen LogP contribution in [0.4, 0.5) is 0 Å². The SMILES string of the molecule is CCOC(=O)/C=C/c1ccc2nccnc2c1. The Kier molecular flexibility index (Phi) is 3.45. The minimum absolute atomic E-state index is 0.341. The summed E-state index contributed by atoms with van der Waals surface area (Å²) in [5, 5.41) is 0. The number of esters is 1. The van der Waals surface area contributed by atoms with Crippen molar-refractivity contribution in [3.05, 3.63) is 42.2 Å². The summed E-state index contributed by atoms with van der Waals surface area (Å²) < 4.78 is 4.80. The molecule has 0 spiro atoms. The normalized spacial score (nSPS) is 10.9. The molecule has 0 unspecified atom stereocenters. The van der Waals surface area contributed by atoms with Gasteiger partial charge in [0.15, 0.2) is 0 Å². The molecule has 4 nitrogen and oxygen atoms in total. The van der Waals surface area contributed by atoms with E-state index in [1.54, 1.807) is 25.4 Å². The van der Waals surface area contributed by atoms with Crippen molar-refractivity contribution < 1.29 is 9.53 Å². The predicted molar refractivity (Wildman–Crippen MR) is 65.2 cm³/mol. The van der Waals surface area contributed by atoms with Gasteiger partial charge in [0.05, 0.1) is 17.6 Å². The summed E-state index contributed by atoms with van der Waals surface area (Å²) in [5.74, 6) is -0.341. The van der Waals surface area contributed by atoms with Crippen LogP contribution in [0.3, 0.4) is 0 Å². The zero-order chi connectivity index (χ0) is 12.1. The highest BCUT2D eigenvalue weighted by Gasteiger charge is 1.97. The van der Waals surface area contributed by atoms with Gasteiger partial charge < -0.3 is 4.74 Å². The van der Waals surface area contributed by atoms with Crippen molar-refractivity contribution in [3.8, 4) is 0 Å². The van der Waals surface area contributed by atoms with Crippen LogP contribution in [0.25, 0.3) is 17.1 Å². The van der Waals surface area contributed by atoms with Crippen molar-refractivity contribution in [1.29, 1.82) is 0 Å². The minimum atomic E-state index is -0.341. The molecule has 0 atom stereocenters. The molecule has 0 amide bonds. The third-order valence-electron chi connectivity index (χ3n) is 2.19. The zero-order valence-electron chi connectivity index (χ0n) is 9.46. The molecule has 1 aromatic heterocycles. The maximum atomic E-state index is 11.1. The first-order valence-corrected chi connectivity index (χ1v) is 5.35. The summed E-state index contributed by atoms with van der Waals surface area (Å²) in [6, 6.07) is 5.62. The Morgan fingerprint density at radius 2 is 2.06 bits per heavy atom. The van der Waals surface area contributed by atoms with Crippen LogP contribution >= 0.6 is 0 Å². The Balaban J connectivity index is 2.22. The van der Waals surface area contributed by atoms with Gasteiger partial charge in [0.25, 0.3) is 0 Å². The molecule has 17 heavy (non-hydrogen) atoms. The number of hydrogen-bond acceptors (Lipinski definition) is 4. The van der Waals surface area contributed by atoms with Gasteiger partial charge in [-0.25, -0.2) is 4.79 Å². The highest BCUT2D eigenvalue weighted by molar-refractivity contribution is 5.88. The van der Waals surface area contributed by atoms with Crippen LogP contribution < -0.4 is 0 Å². The number of nitrogens with zero attached hydrogens (tertiary/aromatic N) is 2. The third kappa shape index (κ3) is 2.87. The molecular weight excluding hydrogens is 216 g/mol. The van der Waals surface area contributed by atoms with Gasteiger partial charge in [-0.2, -0.15) is 0 Å². The van der Waals surface area contributed by atoms with E-state index in [1.807, 2.05) is 18.2 Å². The third-order valence-corrected chi connectivity index (χ3v) is 2.19. The molecule has 2 aromatic rings. The molecule has 0 aliphatic heterocycles. The fraction of sp³-hybridized carbons (Fsp3) is 0.154. The van der Waals surface area contributed by atoms with Crippen LogP contribution in [-0.2, 0) is 9.53 Å². The maximum absolute atomic E-state index is 11.1. The molecule has 0 bridgehead atoms. The summed E-state index contributed by atoms with van der Waals surface area (Å²) >= 11 is 0. The molecule has 86 valence electrons. The van der Waals surface area contributed by atoms with E-state index in [9.17, 15) is 4.79 Å². The van der Waals surface area contributed by atoms with Gasteiger partial charge in [0.1, 0.15) is 0 Å². The van der Waals surface area contributed by atoms with Crippen LogP contribution in [0.15, 0.2) is 36.7 Å². The van der Waals surface area contributed by atoms with Gasteiger partial charge in [-0.3, -0.25) is 9.97 Å². The summed E-state index contributed by atoms with van der Waals surface area (Å²) in [6.45, 7) is 2.16. The Labute approximate surface area is 99.0 Å². The molecule has 1 aromatic carbocycles. The number of fused-ring (bicyclic) bond motifs is 1. The molecule has 0 radical (unpaired) electrons. The lowest BCUT2D eigenvalue weighted by Crippen LogP contribution is -1.98. The zero-order valence-corrected chi connectivity index (χ0v) is 9.46. The number of rotatable bonds is 3. The summed E-state index contributed by atoms with van der Waals surface area (Å²) in [7, 11) is 0. The number of benzene rings is 1. The van der Waals surface area contributed by atoms with Crippen molar-refractivity contribution in [3.63, 3.8) is 0 Å². The Morgan fingerprint density at radius 1 is 1.29 bits per heavy atom. The standard InChI is InChI=1S/C13H12N2O2/c1-2-17-13(16)6-4-10-3-5-11-12(9-10)15-8-7-14-11/h3-9H,2H2,1H3/b6-4+. The molecule has 0 saturated carbocycles. The highest BCUT2D eigenvalue weighted by Crippen LogP contribution is 2.11. The molecule has 0 aliphatic rings. The lowest BCUT2D eigenvalue weighted by atomic mass is 10.2. The van der Waals surface area contributed by atoms with E-state index in [4.69, 9.17) is 4.74 Å². The lowest BCUT2D eigenvalue weighted by Gasteiger charge is -1.98. The van der Waals surface area contributed by atoms with Crippen molar-refractivity contribution in [2.24, 2.45) is 0 Å². The van der Waals surface area contributed by atoms with Crippen LogP contribution in [0.2, 0.25) is 0 Å². The second kappa shape index (κ2) is 5.21. The lowest BCUT2D eigenvalue weighted by molar-refractivity contribution is -0.137. The molecule has 4 heteroatoms. The largest absolute Gasteiger partial charge is 0.463 e. The first kappa shape index (κ1) is 11.3. The number of hydrogen-bond donors (Lipinski definition) is 0. The Hall–Kier alpha value is -2.23. The van der Waals surface area contributed by atoms with E-state index in [2.05, 4.69) is 9.97 Å². The second-order valence-electron chi connectivity index (χ2n) is 3.39. The van der Waals surface area contributed by atoms with Gasteiger partial charge in [-0.15, -0.1) is 0 Å². The van der Waals surface area contributed by atoms with Gasteiger partial charge in [0.2, 0.25) is 0 Å². The minimum Gasteiger partial charge on any atom is -0.463 e. The monoisotopic (exact) mass is 228 g/mol. The van der Waals surface area contributed by atoms with Crippen LogP contribution in [0, 0.1) is 0 Å². The number of carbonyl (C=O) groups excluding carboxylic acids is 1. The highest BCUT2D eigenvalue weighted by atomic mass is 16.5. The van der Waals surface area contributed by atoms with Gasteiger partial charge in [0, 0.05) is 18.5 Å². The predicted octanol–water partition coefficient (Wildman–Crippen LogP) is 2.21. The van der Waals surface area contributed by atoms with Crippen molar-refractivity contribution in [2.75, 3.05) is 6.61 Å². The van der Waals surface area contributed by atoms with E-state index in [0.29, 0.717) is 6.61 Å². The Bertz CT molecular complexity index is 564. The van der Waals surface area contributed by atoms with E-state index in [-0.39, 0.29) is 5.97 Å². The number of aromatic nitrogens is 2. The first-order chi connectivity index (χ1) is 8.29. The maximum Gasteiger partial charge on any atom is 0.330 e. The van der Waals surface area contributed by atoms with Crippen molar-refractivity contribution >= 4 is 23.1 Å². The van der Waals surface area contributed by atoms with E-state index >= 15 is 0 Å². The van der Waals surface area contributed by atoms with Gasteiger partial charge in [-0.1, -0.05) is 6.07 Å². The fourth-order valence-corrected chi connectivity index (χ4v) is 1.44. The average Bonchev–Trinajstić information content (AvgIpc) is 2.36. The van der Waals surface area contributed by atoms with E-state index in [1.165, 1.54) is 6.08 Å². The fourth-order valence-electron chi connectivity index (χ4n) is 1.44. The molecule has 0 fully saturated rings. The first-order valence-electron chi connectivity index (χ1n) is 5.35. The molecule has 1 heterocycles.